The van der Waals surface area contributed by atoms with E-state index in [1.165, 1.54) is 30.4 Å². The van der Waals surface area contributed by atoms with Crippen molar-refractivity contribution < 1.29 is 0 Å². The third-order valence-corrected chi connectivity index (χ3v) is 5.09. The van der Waals surface area contributed by atoms with Crippen molar-refractivity contribution in [2.24, 2.45) is 17.8 Å². The first kappa shape index (κ1) is 13.6. The molecule has 1 aliphatic rings. The van der Waals surface area contributed by atoms with Gasteiger partial charge in [-0.2, -0.15) is 0 Å². The average Bonchev–Trinajstić information content (AvgIpc) is 2.34. The summed E-state index contributed by atoms with van der Waals surface area (Å²) in [5.74, 6) is 3.38. The van der Waals surface area contributed by atoms with Gasteiger partial charge in [0, 0.05) is 0 Å². The third-order valence-electron chi connectivity index (χ3n) is 5.09. The SMILES string of the molecule is Cc1ccc(C)c(C(C)C2CC(C)CCC2C)c1. The highest BCUT2D eigenvalue weighted by atomic mass is 14.4. The van der Waals surface area contributed by atoms with E-state index >= 15 is 0 Å². The minimum absolute atomic E-state index is 0.711. The molecule has 4 atom stereocenters. The zero-order valence-electron chi connectivity index (χ0n) is 12.7. The Morgan fingerprint density at radius 1 is 1.11 bits per heavy atom. The molecule has 0 bridgehead atoms. The van der Waals surface area contributed by atoms with E-state index in [4.69, 9.17) is 0 Å². The van der Waals surface area contributed by atoms with Crippen LogP contribution in [0.25, 0.3) is 0 Å². The maximum atomic E-state index is 2.46. The second-order valence-corrected chi connectivity index (χ2v) is 6.71. The summed E-state index contributed by atoms with van der Waals surface area (Å²) in [5.41, 5.74) is 4.46. The van der Waals surface area contributed by atoms with E-state index in [9.17, 15) is 0 Å². The topological polar surface area (TPSA) is 0 Å². The molecule has 1 aromatic rings. The summed E-state index contributed by atoms with van der Waals surface area (Å²) in [5, 5.41) is 0. The van der Waals surface area contributed by atoms with Gasteiger partial charge in [0.2, 0.25) is 0 Å². The minimum Gasteiger partial charge on any atom is -0.0625 e. The Balaban J connectivity index is 2.23. The number of rotatable bonds is 2. The maximum Gasteiger partial charge on any atom is -0.0157 e. The highest BCUT2D eigenvalue weighted by Gasteiger charge is 2.30. The number of aryl methyl sites for hydroxylation is 2. The molecule has 0 aliphatic heterocycles. The quantitative estimate of drug-likeness (QED) is 0.646. The van der Waals surface area contributed by atoms with E-state index in [0.29, 0.717) is 5.92 Å². The maximum absolute atomic E-state index is 2.46. The molecular formula is C18H28. The first-order valence-electron chi connectivity index (χ1n) is 7.56. The Hall–Kier alpha value is -0.780. The van der Waals surface area contributed by atoms with E-state index in [1.807, 2.05) is 0 Å². The summed E-state index contributed by atoms with van der Waals surface area (Å²) in [7, 11) is 0. The molecule has 1 aromatic carbocycles. The van der Waals surface area contributed by atoms with Crippen LogP contribution in [0.2, 0.25) is 0 Å². The fourth-order valence-electron chi connectivity index (χ4n) is 3.75. The van der Waals surface area contributed by atoms with Crippen molar-refractivity contribution in [2.45, 2.75) is 59.8 Å². The van der Waals surface area contributed by atoms with Gasteiger partial charge in [-0.25, -0.2) is 0 Å². The molecule has 0 aromatic heterocycles. The van der Waals surface area contributed by atoms with Crippen LogP contribution in [-0.4, -0.2) is 0 Å². The zero-order valence-corrected chi connectivity index (χ0v) is 12.7. The molecule has 1 fully saturated rings. The summed E-state index contributed by atoms with van der Waals surface area (Å²) in [4.78, 5) is 0. The van der Waals surface area contributed by atoms with Crippen LogP contribution in [0.3, 0.4) is 0 Å². The molecule has 0 saturated heterocycles. The van der Waals surface area contributed by atoms with Crippen molar-refractivity contribution in [2.75, 3.05) is 0 Å². The fourth-order valence-corrected chi connectivity index (χ4v) is 3.75. The summed E-state index contributed by atoms with van der Waals surface area (Å²) >= 11 is 0. The monoisotopic (exact) mass is 244 g/mol. The predicted octanol–water partition coefficient (Wildman–Crippen LogP) is 5.48. The Morgan fingerprint density at radius 2 is 1.83 bits per heavy atom. The van der Waals surface area contributed by atoms with Gasteiger partial charge in [0.25, 0.3) is 0 Å². The molecule has 0 N–H and O–H groups in total. The van der Waals surface area contributed by atoms with Gasteiger partial charge in [0.05, 0.1) is 0 Å². The lowest BCUT2D eigenvalue weighted by molar-refractivity contribution is 0.178. The van der Waals surface area contributed by atoms with Crippen molar-refractivity contribution in [3.8, 4) is 0 Å². The van der Waals surface area contributed by atoms with Crippen LogP contribution >= 0.6 is 0 Å². The van der Waals surface area contributed by atoms with Crippen molar-refractivity contribution in [3.05, 3.63) is 34.9 Å². The van der Waals surface area contributed by atoms with E-state index in [-0.39, 0.29) is 0 Å². The summed E-state index contributed by atoms with van der Waals surface area (Å²) in [6, 6.07) is 6.93. The van der Waals surface area contributed by atoms with Crippen LogP contribution < -0.4 is 0 Å². The fraction of sp³-hybridized carbons (Fsp3) is 0.667. The molecule has 0 heteroatoms. The smallest absolute Gasteiger partial charge is 0.0157 e. The van der Waals surface area contributed by atoms with Crippen LogP contribution in [0.1, 0.15) is 62.6 Å². The molecule has 100 valence electrons. The first-order valence-corrected chi connectivity index (χ1v) is 7.56. The summed E-state index contributed by atoms with van der Waals surface area (Å²) < 4.78 is 0. The van der Waals surface area contributed by atoms with Crippen molar-refractivity contribution >= 4 is 0 Å². The van der Waals surface area contributed by atoms with Crippen LogP contribution in [0, 0.1) is 31.6 Å². The Bertz CT molecular complexity index is 404. The van der Waals surface area contributed by atoms with Gasteiger partial charge >= 0.3 is 0 Å². The molecule has 1 aliphatic carbocycles. The molecule has 2 rings (SSSR count). The lowest BCUT2D eigenvalue weighted by Crippen LogP contribution is -2.26. The van der Waals surface area contributed by atoms with Crippen LogP contribution in [-0.2, 0) is 0 Å². The molecule has 0 heterocycles. The highest BCUT2D eigenvalue weighted by molar-refractivity contribution is 5.33. The summed E-state index contributed by atoms with van der Waals surface area (Å²) in [6.07, 6.45) is 4.26. The van der Waals surface area contributed by atoms with Gasteiger partial charge in [-0.1, -0.05) is 57.4 Å². The van der Waals surface area contributed by atoms with E-state index in [2.05, 4.69) is 52.8 Å². The normalized spacial score (nSPS) is 30.2. The third kappa shape index (κ3) is 2.79. The number of hydrogen-bond acceptors (Lipinski definition) is 0. The van der Waals surface area contributed by atoms with E-state index in [1.54, 1.807) is 5.56 Å². The van der Waals surface area contributed by atoms with E-state index < -0.39 is 0 Å². The molecule has 0 spiro atoms. The molecule has 0 nitrogen and oxygen atoms in total. The van der Waals surface area contributed by atoms with Crippen molar-refractivity contribution in [1.29, 1.82) is 0 Å². The predicted molar refractivity (Wildman–Crippen MR) is 80.0 cm³/mol. The zero-order chi connectivity index (χ0) is 13.3. The van der Waals surface area contributed by atoms with Crippen molar-refractivity contribution in [1.82, 2.24) is 0 Å². The second-order valence-electron chi connectivity index (χ2n) is 6.71. The van der Waals surface area contributed by atoms with Crippen LogP contribution in [0.5, 0.6) is 0 Å². The highest BCUT2D eigenvalue weighted by Crippen LogP contribution is 2.42. The molecule has 1 saturated carbocycles. The van der Waals surface area contributed by atoms with Gasteiger partial charge in [0.15, 0.2) is 0 Å². The number of hydrogen-bond donors (Lipinski definition) is 0. The molecule has 0 radical (unpaired) electrons. The molecular weight excluding hydrogens is 216 g/mol. The Labute approximate surface area is 113 Å². The van der Waals surface area contributed by atoms with E-state index in [0.717, 1.165) is 17.8 Å². The van der Waals surface area contributed by atoms with Gasteiger partial charge < -0.3 is 0 Å². The first-order chi connectivity index (χ1) is 8.49. The van der Waals surface area contributed by atoms with Crippen LogP contribution in [0.4, 0.5) is 0 Å². The minimum atomic E-state index is 0.711. The van der Waals surface area contributed by atoms with Gasteiger partial charge in [-0.3, -0.25) is 0 Å². The van der Waals surface area contributed by atoms with Gasteiger partial charge in [-0.05, 0) is 55.1 Å². The lowest BCUT2D eigenvalue weighted by Gasteiger charge is -2.37. The molecule has 4 unspecified atom stereocenters. The van der Waals surface area contributed by atoms with Gasteiger partial charge in [0.1, 0.15) is 0 Å². The van der Waals surface area contributed by atoms with Gasteiger partial charge in [-0.15, -0.1) is 0 Å². The Kier molecular flexibility index (Phi) is 4.14. The van der Waals surface area contributed by atoms with Crippen LogP contribution in [0.15, 0.2) is 18.2 Å². The average molecular weight is 244 g/mol. The second kappa shape index (κ2) is 5.47. The largest absolute Gasteiger partial charge is 0.0625 e. The summed E-state index contributed by atoms with van der Waals surface area (Å²) in [6.45, 7) is 11.8. The van der Waals surface area contributed by atoms with Crippen molar-refractivity contribution in [3.63, 3.8) is 0 Å². The molecule has 0 amide bonds. The Morgan fingerprint density at radius 3 is 2.56 bits per heavy atom. The number of benzene rings is 1. The standard InChI is InChI=1S/C18H28/c1-12-6-8-14(3)17(10-12)16(5)18-11-13(2)7-9-15(18)4/h6,8,10,13,15-16,18H,7,9,11H2,1-5H3. The molecule has 18 heavy (non-hydrogen) atoms. The lowest BCUT2D eigenvalue weighted by atomic mass is 9.68.